The van der Waals surface area contributed by atoms with Crippen molar-refractivity contribution in [1.82, 2.24) is 9.80 Å². The number of rotatable bonds is 5. The van der Waals surface area contributed by atoms with Gasteiger partial charge < -0.3 is 9.80 Å². The third-order valence-electron chi connectivity index (χ3n) is 4.37. The number of amides is 1. The van der Waals surface area contributed by atoms with E-state index in [1.165, 1.54) is 37.9 Å². The van der Waals surface area contributed by atoms with Crippen LogP contribution >= 0.6 is 11.8 Å². The smallest absolute Gasteiger partial charge is 0.233 e. The first-order chi connectivity index (χ1) is 10.3. The number of carbonyl (C=O) groups is 1. The van der Waals surface area contributed by atoms with Crippen LogP contribution in [0, 0.1) is 0 Å². The van der Waals surface area contributed by atoms with E-state index in [0.717, 1.165) is 19.5 Å². The third-order valence-corrected chi connectivity index (χ3v) is 5.63. The number of hydrogen-bond acceptors (Lipinski definition) is 3. The minimum atomic E-state index is 0.222. The van der Waals surface area contributed by atoms with Crippen LogP contribution in [0.15, 0.2) is 30.3 Å². The summed E-state index contributed by atoms with van der Waals surface area (Å²) >= 11 is 1.76. The number of benzene rings is 1. The van der Waals surface area contributed by atoms with Crippen molar-refractivity contribution >= 4 is 17.7 Å². The van der Waals surface area contributed by atoms with Crippen LogP contribution < -0.4 is 0 Å². The van der Waals surface area contributed by atoms with Crippen molar-refractivity contribution < 1.29 is 4.79 Å². The van der Waals surface area contributed by atoms with Gasteiger partial charge in [-0.2, -0.15) is 0 Å². The highest BCUT2D eigenvalue weighted by Crippen LogP contribution is 2.38. The van der Waals surface area contributed by atoms with Gasteiger partial charge in [0.15, 0.2) is 0 Å². The molecule has 0 aromatic heterocycles. The number of thioether (sulfide) groups is 1. The van der Waals surface area contributed by atoms with Crippen LogP contribution in [0.4, 0.5) is 0 Å². The Bertz CT molecular complexity index is 459. The number of nitrogens with zero attached hydrogens (tertiary/aromatic N) is 2. The SMILES string of the molecule is O=C1CSC(c2ccccc2)N1CCCN1CCCCC1. The number of likely N-dealkylation sites (tertiary alicyclic amines) is 1. The lowest BCUT2D eigenvalue weighted by atomic mass is 10.1. The molecule has 114 valence electrons. The Morgan fingerprint density at radius 1 is 1.05 bits per heavy atom. The van der Waals surface area contributed by atoms with E-state index in [4.69, 9.17) is 0 Å². The average Bonchev–Trinajstić information content (AvgIpc) is 2.91. The largest absolute Gasteiger partial charge is 0.326 e. The monoisotopic (exact) mass is 304 g/mol. The zero-order chi connectivity index (χ0) is 14.5. The fourth-order valence-electron chi connectivity index (χ4n) is 3.24. The Balaban J connectivity index is 1.53. The molecule has 1 atom stereocenters. The second kappa shape index (κ2) is 7.32. The number of piperidine rings is 1. The summed E-state index contributed by atoms with van der Waals surface area (Å²) in [6.07, 6.45) is 5.15. The third kappa shape index (κ3) is 3.80. The van der Waals surface area contributed by atoms with Crippen molar-refractivity contribution in [2.75, 3.05) is 31.9 Å². The van der Waals surface area contributed by atoms with E-state index >= 15 is 0 Å². The quantitative estimate of drug-likeness (QED) is 0.835. The van der Waals surface area contributed by atoms with Crippen molar-refractivity contribution in [2.24, 2.45) is 0 Å². The van der Waals surface area contributed by atoms with Gasteiger partial charge in [0.1, 0.15) is 5.37 Å². The summed E-state index contributed by atoms with van der Waals surface area (Å²) in [4.78, 5) is 16.8. The first-order valence-electron chi connectivity index (χ1n) is 8.03. The minimum Gasteiger partial charge on any atom is -0.326 e. The zero-order valence-corrected chi connectivity index (χ0v) is 13.4. The molecular weight excluding hydrogens is 280 g/mol. The first kappa shape index (κ1) is 14.9. The van der Waals surface area contributed by atoms with E-state index in [1.807, 2.05) is 6.07 Å². The molecule has 0 N–H and O–H groups in total. The summed E-state index contributed by atoms with van der Waals surface area (Å²) in [6, 6.07) is 10.4. The van der Waals surface area contributed by atoms with E-state index in [9.17, 15) is 4.79 Å². The second-order valence-electron chi connectivity index (χ2n) is 5.92. The Labute approximate surface area is 131 Å². The number of carbonyl (C=O) groups excluding carboxylic acids is 1. The van der Waals surface area contributed by atoms with Gasteiger partial charge in [0, 0.05) is 6.54 Å². The molecule has 0 bridgehead atoms. The Morgan fingerprint density at radius 3 is 2.57 bits per heavy atom. The van der Waals surface area contributed by atoms with Gasteiger partial charge in [-0.3, -0.25) is 4.79 Å². The maximum absolute atomic E-state index is 12.1. The van der Waals surface area contributed by atoms with E-state index in [0.29, 0.717) is 11.7 Å². The lowest BCUT2D eigenvalue weighted by molar-refractivity contribution is -0.128. The van der Waals surface area contributed by atoms with Crippen molar-refractivity contribution in [1.29, 1.82) is 0 Å². The summed E-state index contributed by atoms with van der Waals surface area (Å²) in [5, 5.41) is 0.222. The summed E-state index contributed by atoms with van der Waals surface area (Å²) < 4.78 is 0. The van der Waals surface area contributed by atoms with E-state index in [2.05, 4.69) is 34.1 Å². The molecule has 0 radical (unpaired) electrons. The van der Waals surface area contributed by atoms with Gasteiger partial charge in [-0.25, -0.2) is 0 Å². The molecule has 21 heavy (non-hydrogen) atoms. The molecule has 1 amide bonds. The fourth-order valence-corrected chi connectivity index (χ4v) is 4.46. The summed E-state index contributed by atoms with van der Waals surface area (Å²) in [5.41, 5.74) is 1.26. The zero-order valence-electron chi connectivity index (χ0n) is 12.5. The van der Waals surface area contributed by atoms with E-state index < -0.39 is 0 Å². The van der Waals surface area contributed by atoms with Crippen molar-refractivity contribution in [3.63, 3.8) is 0 Å². The average molecular weight is 304 g/mol. The van der Waals surface area contributed by atoms with Gasteiger partial charge in [-0.1, -0.05) is 36.8 Å². The Kier molecular flexibility index (Phi) is 5.20. The maximum Gasteiger partial charge on any atom is 0.233 e. The minimum absolute atomic E-state index is 0.222. The predicted octanol–water partition coefficient (Wildman–Crippen LogP) is 3.14. The van der Waals surface area contributed by atoms with Crippen LogP contribution in [0.25, 0.3) is 0 Å². The molecule has 3 nitrogen and oxygen atoms in total. The molecule has 2 aliphatic rings. The van der Waals surface area contributed by atoms with Gasteiger partial charge >= 0.3 is 0 Å². The molecule has 2 saturated heterocycles. The fraction of sp³-hybridized carbons (Fsp3) is 0.588. The molecule has 0 aliphatic carbocycles. The van der Waals surface area contributed by atoms with Gasteiger partial charge in [-0.15, -0.1) is 11.8 Å². The van der Waals surface area contributed by atoms with E-state index in [-0.39, 0.29) is 5.37 Å². The highest BCUT2D eigenvalue weighted by atomic mass is 32.2. The molecule has 4 heteroatoms. The van der Waals surface area contributed by atoms with Crippen LogP contribution in [0.2, 0.25) is 0 Å². The normalized spacial score (nSPS) is 23.7. The lowest BCUT2D eigenvalue weighted by Crippen LogP contribution is -2.34. The summed E-state index contributed by atoms with van der Waals surface area (Å²) in [5.74, 6) is 0.927. The first-order valence-corrected chi connectivity index (χ1v) is 9.08. The molecule has 0 saturated carbocycles. The van der Waals surface area contributed by atoms with Crippen LogP contribution in [0.1, 0.15) is 36.6 Å². The van der Waals surface area contributed by atoms with Gasteiger partial charge in [-0.05, 0) is 44.5 Å². The molecule has 1 unspecified atom stereocenters. The van der Waals surface area contributed by atoms with E-state index in [1.54, 1.807) is 11.8 Å². The lowest BCUT2D eigenvalue weighted by Gasteiger charge is -2.28. The Morgan fingerprint density at radius 2 is 1.81 bits per heavy atom. The highest BCUT2D eigenvalue weighted by Gasteiger charge is 2.32. The molecule has 1 aromatic rings. The van der Waals surface area contributed by atoms with Crippen LogP contribution in [-0.2, 0) is 4.79 Å². The van der Waals surface area contributed by atoms with Crippen molar-refractivity contribution in [2.45, 2.75) is 31.1 Å². The molecule has 3 rings (SSSR count). The van der Waals surface area contributed by atoms with Crippen LogP contribution in [-0.4, -0.2) is 47.6 Å². The molecule has 2 fully saturated rings. The second-order valence-corrected chi connectivity index (χ2v) is 6.99. The van der Waals surface area contributed by atoms with Crippen molar-refractivity contribution in [3.8, 4) is 0 Å². The van der Waals surface area contributed by atoms with Crippen LogP contribution in [0.5, 0.6) is 0 Å². The molecule has 2 heterocycles. The highest BCUT2D eigenvalue weighted by molar-refractivity contribution is 8.00. The maximum atomic E-state index is 12.1. The van der Waals surface area contributed by atoms with Gasteiger partial charge in [0.2, 0.25) is 5.91 Å². The molecular formula is C17H24N2OS. The number of hydrogen-bond donors (Lipinski definition) is 0. The van der Waals surface area contributed by atoms with Gasteiger partial charge in [0.25, 0.3) is 0 Å². The Hall–Kier alpha value is -1.00. The van der Waals surface area contributed by atoms with Gasteiger partial charge in [0.05, 0.1) is 5.75 Å². The molecule has 2 aliphatic heterocycles. The molecule has 0 spiro atoms. The molecule has 1 aromatic carbocycles. The summed E-state index contributed by atoms with van der Waals surface area (Å²) in [7, 11) is 0. The predicted molar refractivity (Wildman–Crippen MR) is 88.3 cm³/mol. The standard InChI is InChI=1S/C17H24N2OS/c20-16-14-21-17(15-8-3-1-4-9-15)19(16)13-7-12-18-10-5-2-6-11-18/h1,3-4,8-9,17H,2,5-7,10-14H2. The summed E-state index contributed by atoms with van der Waals surface area (Å²) in [6.45, 7) is 4.51. The van der Waals surface area contributed by atoms with Crippen molar-refractivity contribution in [3.05, 3.63) is 35.9 Å². The van der Waals surface area contributed by atoms with Crippen LogP contribution in [0.3, 0.4) is 0 Å². The topological polar surface area (TPSA) is 23.6 Å².